The average Bonchev–Trinajstić information content (AvgIpc) is 0.784. The van der Waals surface area contributed by atoms with Crippen LogP contribution in [0.5, 0.6) is 0 Å². The Morgan fingerprint density at radius 2 is 0.386 bits per heavy atom. The Morgan fingerprint density at radius 3 is 0.576 bits per heavy atom. The van der Waals surface area contributed by atoms with E-state index in [1.165, 1.54) is 32.1 Å². The minimum atomic E-state index is -1.96. The molecule has 6 heterocycles. The van der Waals surface area contributed by atoms with E-state index in [-0.39, 0.29) is 38.5 Å². The maximum Gasteiger partial charge on any atom is 0.186 e. The molecule has 0 amide bonds. The predicted octanol–water partition coefficient (Wildman–Crippen LogP) is 2.45. The number of aliphatic hydroxyl groups excluding tert-OH is 24. The van der Waals surface area contributed by atoms with Crippen molar-refractivity contribution in [2.75, 3.05) is 79.3 Å². The van der Waals surface area contributed by atoms with Crippen molar-refractivity contribution in [2.24, 2.45) is 16.2 Å². The van der Waals surface area contributed by atoms with E-state index in [0.29, 0.717) is 55.2 Å². The highest BCUT2D eigenvalue weighted by Gasteiger charge is 2.53. The second-order valence-corrected chi connectivity index (χ2v) is 39.1. The summed E-state index contributed by atoms with van der Waals surface area (Å²) in [6, 6.07) is 5.46. The Morgan fingerprint density at radius 1 is 0.212 bits per heavy atom. The van der Waals surface area contributed by atoms with Crippen molar-refractivity contribution in [3.05, 3.63) is 34.9 Å². The summed E-state index contributed by atoms with van der Waals surface area (Å²) in [7, 11) is 0. The molecular weight excluding hydrogens is 1730 g/mol. The topological polar surface area (TPSA) is 596 Å². The summed E-state index contributed by atoms with van der Waals surface area (Å²) >= 11 is 0. The van der Waals surface area contributed by atoms with Gasteiger partial charge in [0.25, 0.3) is 0 Å². The Kier molecular flexibility index (Phi) is 55.1. The fourth-order valence-corrected chi connectivity index (χ4v) is 19.3. The van der Waals surface area contributed by atoms with Crippen molar-refractivity contribution in [3.8, 4) is 0 Å². The first kappa shape index (κ1) is 117. The molecule has 6 aliphatic heterocycles. The lowest BCUT2D eigenvalue weighted by Gasteiger charge is -2.44. The first-order valence-electron chi connectivity index (χ1n) is 50.1. The van der Waals surface area contributed by atoms with Crippen LogP contribution >= 0.6 is 0 Å². The minimum absolute atomic E-state index is 0.105. The summed E-state index contributed by atoms with van der Waals surface area (Å²) in [5, 5.41) is 269. The highest BCUT2D eigenvalue weighted by atomic mass is 16.7. The fourth-order valence-electron chi connectivity index (χ4n) is 19.3. The Hall–Kier alpha value is -2.22. The van der Waals surface area contributed by atoms with Crippen molar-refractivity contribution in [3.63, 3.8) is 0 Å². The molecule has 132 heavy (non-hydrogen) atoms. The molecule has 0 aliphatic carbocycles. The molecule has 774 valence electrons. The minimum Gasteiger partial charge on any atom is -0.394 e. The number of hydrogen-bond donors (Lipinski definition) is 24. The number of rotatable bonds is 69. The Bertz CT molecular complexity index is 2990. The highest BCUT2D eigenvalue weighted by molar-refractivity contribution is 5.35. The predicted molar refractivity (Wildman–Crippen MR) is 480 cm³/mol. The van der Waals surface area contributed by atoms with E-state index in [4.69, 9.17) is 56.8 Å². The van der Waals surface area contributed by atoms with E-state index < -0.39 is 280 Å². The van der Waals surface area contributed by atoms with Gasteiger partial charge in [-0.25, -0.2) is 0 Å². The van der Waals surface area contributed by atoms with Gasteiger partial charge in [0.05, 0.1) is 79.3 Å². The third kappa shape index (κ3) is 36.0. The highest BCUT2D eigenvalue weighted by Crippen LogP contribution is 2.44. The van der Waals surface area contributed by atoms with Gasteiger partial charge < -0.3 is 179 Å². The summed E-state index contributed by atoms with van der Waals surface area (Å²) in [5.74, 6) is 0. The summed E-state index contributed by atoms with van der Waals surface area (Å²) < 4.78 is 76.4. The standard InChI is InChI=1S/C96H174O36/c1-4-7-10-13-16-19-22-25-28-31-34-37-42-94(55-121-88-82(115)76(109)70(103)64(49-97)127-88,56-122-89-83(116)77(110)71(104)65(50-98)128-89)46-61-40-41-62(47-95(43-38-35-32-29-26-23-20-17-14-11-8-5-2,57-123-90-84(117)78(111)72(105)66(51-99)129-90)58-124-91-85(118)79(112)73(106)67(52-100)130-91)63(45-61)48-96(44-39-36-33-30-27-24-21-18-15-12-9-6-3,59-125-92-86(119)80(113)74(107)68(53-101)131-92)60-126-93-87(120)81(114)75(108)69(54-102)132-93/h40-41,45,64-93,97-120H,4-39,42-44,46-60H2,1-3H3/t64?,65?,66?,67?,68?,69?,70-,71-,72-,73-,74-,75-,76+,77+,78+,79+,80+,81+,82?,83?,84?,85?,86?,87?,88-,89-,90-,91-,92-,93-,94?,95?,96?/m1/s1. The number of ether oxygens (including phenoxy) is 12. The second-order valence-electron chi connectivity index (χ2n) is 39.1. The van der Waals surface area contributed by atoms with E-state index in [9.17, 15) is 123 Å². The van der Waals surface area contributed by atoms with Crippen LogP contribution in [0.25, 0.3) is 0 Å². The monoisotopic (exact) mass is 1900 g/mol. The first-order chi connectivity index (χ1) is 63.5. The zero-order valence-corrected chi connectivity index (χ0v) is 78.9. The lowest BCUT2D eigenvalue weighted by molar-refractivity contribution is -0.318. The smallest absolute Gasteiger partial charge is 0.186 e. The molecule has 0 bridgehead atoms. The zero-order valence-electron chi connectivity index (χ0n) is 78.9. The summed E-state index contributed by atoms with van der Waals surface area (Å²) in [4.78, 5) is 0. The van der Waals surface area contributed by atoms with Crippen LogP contribution < -0.4 is 0 Å². The van der Waals surface area contributed by atoms with Crippen LogP contribution in [0.4, 0.5) is 0 Å². The number of aliphatic hydroxyl groups is 24. The normalized spacial score (nSPS) is 34.5. The van der Waals surface area contributed by atoms with Gasteiger partial charge in [-0.1, -0.05) is 270 Å². The molecule has 7 rings (SSSR count). The van der Waals surface area contributed by atoms with Gasteiger partial charge >= 0.3 is 0 Å². The maximum absolute atomic E-state index is 11.9. The van der Waals surface area contributed by atoms with Gasteiger partial charge in [-0.15, -0.1) is 0 Å². The molecule has 0 saturated carbocycles. The quantitative estimate of drug-likeness (QED) is 0.0416. The third-order valence-electron chi connectivity index (χ3n) is 28.1. The number of hydrogen-bond acceptors (Lipinski definition) is 36. The van der Waals surface area contributed by atoms with Crippen LogP contribution in [0.3, 0.4) is 0 Å². The third-order valence-corrected chi connectivity index (χ3v) is 28.1. The van der Waals surface area contributed by atoms with Crippen LogP contribution in [-0.2, 0) is 76.1 Å². The van der Waals surface area contributed by atoms with E-state index in [0.717, 1.165) is 161 Å². The molecule has 36 heteroatoms. The van der Waals surface area contributed by atoms with Gasteiger partial charge in [-0.3, -0.25) is 0 Å². The van der Waals surface area contributed by atoms with Gasteiger partial charge in [0, 0.05) is 16.2 Å². The van der Waals surface area contributed by atoms with Gasteiger partial charge in [0.15, 0.2) is 37.7 Å². The van der Waals surface area contributed by atoms with Crippen LogP contribution in [-0.4, -0.2) is 386 Å². The van der Waals surface area contributed by atoms with Crippen LogP contribution in [0.2, 0.25) is 0 Å². The number of unbranched alkanes of at least 4 members (excludes halogenated alkanes) is 33. The van der Waals surface area contributed by atoms with Gasteiger partial charge in [-0.05, 0) is 55.2 Å². The van der Waals surface area contributed by atoms with E-state index in [1.807, 2.05) is 6.07 Å². The van der Waals surface area contributed by atoms with Crippen molar-refractivity contribution >= 4 is 0 Å². The lowest BCUT2D eigenvalue weighted by Crippen LogP contribution is -2.60. The van der Waals surface area contributed by atoms with Crippen LogP contribution in [0.1, 0.15) is 288 Å². The summed E-state index contributed by atoms with van der Waals surface area (Å²) in [6.07, 6.45) is -18.8. The molecule has 1 aromatic rings. The molecular formula is C96H174O36. The second kappa shape index (κ2) is 62.3. The van der Waals surface area contributed by atoms with Crippen molar-refractivity contribution in [1.82, 2.24) is 0 Å². The SMILES string of the molecule is CCCCCCCCCCCCCCC(CO[C@@H]1OC(CO)[C@@H](O)[C@H](O)C1O)(CO[C@@H]1OC(CO)[C@@H](O)[C@H](O)C1O)Cc1ccc(CC(CCCCCCCCCCCCCC)(CO[C@@H]2OC(CO)[C@@H](O)[C@H](O)C2O)CO[C@@H]2OC(CO)[C@@H](O)[C@H](O)C2O)c(CC(CCCCCCCCCCCCCC)(CO[C@@H]2OC(CO)[C@@H](O)[C@H](O)C2O)CO[C@@H]2OC(CO)[C@@H](O)[C@H](O)C2O)c1. The molecule has 0 aromatic heterocycles. The lowest BCUT2D eigenvalue weighted by atomic mass is 9.72. The average molecular weight is 1900 g/mol. The molecule has 30 atom stereocenters. The largest absolute Gasteiger partial charge is 0.394 e. The van der Waals surface area contributed by atoms with Gasteiger partial charge in [0.1, 0.15) is 146 Å². The molecule has 6 aliphatic rings. The molecule has 6 fully saturated rings. The van der Waals surface area contributed by atoms with Gasteiger partial charge in [0.2, 0.25) is 0 Å². The van der Waals surface area contributed by atoms with Crippen LogP contribution in [0.15, 0.2) is 18.2 Å². The molecule has 24 N–H and O–H groups in total. The molecule has 0 spiro atoms. The number of benzene rings is 1. The van der Waals surface area contributed by atoms with E-state index in [1.54, 1.807) is 12.1 Å². The summed E-state index contributed by atoms with van der Waals surface area (Å²) in [6.45, 7) is -1.32. The maximum atomic E-state index is 11.9. The Labute approximate surface area is 781 Å². The van der Waals surface area contributed by atoms with E-state index in [2.05, 4.69) is 20.8 Å². The molecule has 12 unspecified atom stereocenters. The zero-order chi connectivity index (χ0) is 96.3. The van der Waals surface area contributed by atoms with Gasteiger partial charge in [-0.2, -0.15) is 0 Å². The van der Waals surface area contributed by atoms with Crippen molar-refractivity contribution in [2.45, 2.75) is 475 Å². The van der Waals surface area contributed by atoms with Crippen molar-refractivity contribution in [1.29, 1.82) is 0 Å². The van der Waals surface area contributed by atoms with E-state index >= 15 is 0 Å². The van der Waals surface area contributed by atoms with Crippen LogP contribution in [0, 0.1) is 16.2 Å². The Balaban J connectivity index is 1.50. The fraction of sp³-hybridized carbons (Fsp3) is 0.938. The molecule has 6 saturated heterocycles. The molecule has 1 aromatic carbocycles. The first-order valence-corrected chi connectivity index (χ1v) is 50.1. The summed E-state index contributed by atoms with van der Waals surface area (Å²) in [5.41, 5.74) is -3.06. The van der Waals surface area contributed by atoms with Crippen molar-refractivity contribution < 1.29 is 179 Å². The molecule has 0 radical (unpaired) electrons. The molecule has 36 nitrogen and oxygen atoms in total.